The lowest BCUT2D eigenvalue weighted by Crippen LogP contribution is -1.71. The summed E-state index contributed by atoms with van der Waals surface area (Å²) in [5.41, 5.74) is 1.00. The Balaban J connectivity index is 2.56. The van der Waals surface area contributed by atoms with Crippen LogP contribution in [0.15, 0.2) is 30.5 Å². The van der Waals surface area contributed by atoms with Crippen molar-refractivity contribution in [1.82, 2.24) is 4.98 Å². The van der Waals surface area contributed by atoms with Crippen LogP contribution in [0.25, 0.3) is 10.9 Å². The third-order valence-corrected chi connectivity index (χ3v) is 1.87. The van der Waals surface area contributed by atoms with E-state index in [0.29, 0.717) is 0 Å². The van der Waals surface area contributed by atoms with Crippen LogP contribution < -0.4 is 4.74 Å². The van der Waals surface area contributed by atoms with E-state index in [1.54, 1.807) is 6.20 Å². The van der Waals surface area contributed by atoms with Crippen molar-refractivity contribution in [3.63, 3.8) is 0 Å². The molecule has 2 aromatic rings. The Labute approximate surface area is 63.4 Å². The van der Waals surface area contributed by atoms with Gasteiger partial charge in [0, 0.05) is 11.6 Å². The molecule has 0 aliphatic carbocycles. The lowest BCUT2D eigenvalue weighted by atomic mass is 10.2. The van der Waals surface area contributed by atoms with Gasteiger partial charge in [-0.1, -0.05) is 0 Å². The van der Waals surface area contributed by atoms with Gasteiger partial charge >= 0.3 is 0 Å². The quantitative estimate of drug-likeness (QED) is 0.451. The molecule has 2 heterocycles. The van der Waals surface area contributed by atoms with Crippen molar-refractivity contribution in [2.24, 2.45) is 0 Å². The number of aromatic nitrogens is 1. The summed E-state index contributed by atoms with van der Waals surface area (Å²) in [4.78, 5) is 4.20. The molecule has 3 rings (SSSR count). The van der Waals surface area contributed by atoms with E-state index in [1.165, 1.54) is 0 Å². The number of fused-ring (bicyclic) bond motifs is 3. The van der Waals surface area contributed by atoms with Gasteiger partial charge in [-0.3, -0.25) is 4.98 Å². The van der Waals surface area contributed by atoms with E-state index in [1.807, 2.05) is 24.3 Å². The van der Waals surface area contributed by atoms with Gasteiger partial charge in [0.15, 0.2) is 11.5 Å². The van der Waals surface area contributed by atoms with Crippen LogP contribution >= 0.6 is 0 Å². The second-order valence-electron chi connectivity index (χ2n) is 2.56. The minimum atomic E-state index is 0.991. The van der Waals surface area contributed by atoms with Gasteiger partial charge < -0.3 is 4.74 Å². The Morgan fingerprint density at radius 1 is 1.18 bits per heavy atom. The van der Waals surface area contributed by atoms with Crippen molar-refractivity contribution in [3.8, 4) is 11.5 Å². The molecule has 0 saturated heterocycles. The molecular weight excluding hydrogens is 138 g/mol. The summed E-state index contributed by atoms with van der Waals surface area (Å²) in [5, 5.41) is 1.12. The van der Waals surface area contributed by atoms with Gasteiger partial charge in [-0.2, -0.15) is 0 Å². The molecule has 0 amide bonds. The lowest BCUT2D eigenvalue weighted by Gasteiger charge is -1.88. The van der Waals surface area contributed by atoms with E-state index >= 15 is 0 Å². The Hall–Kier alpha value is -1.57. The van der Waals surface area contributed by atoms with Gasteiger partial charge in [-0.05, 0) is 24.3 Å². The first kappa shape index (κ1) is 5.13. The van der Waals surface area contributed by atoms with Crippen molar-refractivity contribution in [2.75, 3.05) is 0 Å². The van der Waals surface area contributed by atoms with E-state index in [4.69, 9.17) is 4.74 Å². The average Bonchev–Trinajstić information content (AvgIpc) is 2.83. The maximum Gasteiger partial charge on any atom is 0.179 e. The smallest absolute Gasteiger partial charge is 0.179 e. The molecule has 1 aliphatic heterocycles. The standard InChI is InChI=1S/C9H5NO/c1-2-6-7(10-5-1)3-4-8-9(6)11-8/h1-5H. The number of ether oxygens (including phenoxy) is 1. The fourth-order valence-electron chi connectivity index (χ4n) is 1.28. The monoisotopic (exact) mass is 143 g/mol. The average molecular weight is 143 g/mol. The summed E-state index contributed by atoms with van der Waals surface area (Å²) in [6, 6.07) is 7.87. The minimum Gasteiger partial charge on any atom is -0.449 e. The maximum absolute atomic E-state index is 5.21. The van der Waals surface area contributed by atoms with Gasteiger partial charge in [0.2, 0.25) is 0 Å². The molecule has 2 nitrogen and oxygen atoms in total. The molecule has 0 saturated carbocycles. The van der Waals surface area contributed by atoms with Crippen LogP contribution in [-0.2, 0) is 0 Å². The van der Waals surface area contributed by atoms with E-state index in [-0.39, 0.29) is 0 Å². The number of nitrogens with zero attached hydrogens (tertiary/aromatic N) is 1. The molecule has 52 valence electrons. The zero-order valence-corrected chi connectivity index (χ0v) is 5.74. The highest BCUT2D eigenvalue weighted by atomic mass is 16.6. The van der Waals surface area contributed by atoms with Crippen LogP contribution in [0.2, 0.25) is 0 Å². The normalized spacial score (nSPS) is 12.4. The SMILES string of the molecule is c1cnc2ccc3c(c2c1)O3. The van der Waals surface area contributed by atoms with Crippen molar-refractivity contribution >= 4 is 10.9 Å². The highest BCUT2D eigenvalue weighted by Gasteiger charge is 2.22. The molecule has 0 unspecified atom stereocenters. The Morgan fingerprint density at radius 3 is 3.18 bits per heavy atom. The molecule has 0 spiro atoms. The summed E-state index contributed by atoms with van der Waals surface area (Å²) in [7, 11) is 0. The van der Waals surface area contributed by atoms with Crippen molar-refractivity contribution in [3.05, 3.63) is 30.5 Å². The van der Waals surface area contributed by atoms with Crippen molar-refractivity contribution < 1.29 is 4.74 Å². The van der Waals surface area contributed by atoms with Gasteiger partial charge in [0.05, 0.1) is 5.52 Å². The molecule has 1 aromatic heterocycles. The fraction of sp³-hybridized carbons (Fsp3) is 0. The second kappa shape index (κ2) is 1.53. The molecule has 0 radical (unpaired) electrons. The second-order valence-corrected chi connectivity index (χ2v) is 2.56. The molecule has 1 aliphatic rings. The van der Waals surface area contributed by atoms with E-state index in [0.717, 1.165) is 22.4 Å². The van der Waals surface area contributed by atoms with Crippen LogP contribution in [0, 0.1) is 0 Å². The third-order valence-electron chi connectivity index (χ3n) is 1.87. The topological polar surface area (TPSA) is 25.4 Å². The van der Waals surface area contributed by atoms with Crippen molar-refractivity contribution in [2.45, 2.75) is 0 Å². The predicted molar refractivity (Wildman–Crippen MR) is 41.8 cm³/mol. The highest BCUT2D eigenvalue weighted by Crippen LogP contribution is 2.49. The zero-order valence-electron chi connectivity index (χ0n) is 5.74. The molecule has 0 fully saturated rings. The molecule has 0 atom stereocenters. The zero-order chi connectivity index (χ0) is 7.26. The molecule has 11 heavy (non-hydrogen) atoms. The molecule has 0 bridgehead atoms. The summed E-state index contributed by atoms with van der Waals surface area (Å²) in [6.07, 6.45) is 1.79. The summed E-state index contributed by atoms with van der Waals surface area (Å²) in [5.74, 6) is 1.99. The molecule has 0 N–H and O–H groups in total. The largest absolute Gasteiger partial charge is 0.449 e. The highest BCUT2D eigenvalue weighted by molar-refractivity contribution is 5.92. The van der Waals surface area contributed by atoms with Gasteiger partial charge in [-0.15, -0.1) is 0 Å². The number of benzene rings is 1. The lowest BCUT2D eigenvalue weighted by molar-refractivity contribution is 0.653. The number of rotatable bonds is 0. The fourth-order valence-corrected chi connectivity index (χ4v) is 1.28. The van der Waals surface area contributed by atoms with Gasteiger partial charge in [-0.25, -0.2) is 0 Å². The van der Waals surface area contributed by atoms with Crippen LogP contribution in [0.5, 0.6) is 11.5 Å². The summed E-state index contributed by atoms with van der Waals surface area (Å²) in [6.45, 7) is 0. The number of hydrogen-bond acceptors (Lipinski definition) is 2. The Kier molecular flexibility index (Phi) is 0.714. The first-order valence-corrected chi connectivity index (χ1v) is 3.51. The third kappa shape index (κ3) is 0.584. The van der Waals surface area contributed by atoms with Crippen molar-refractivity contribution in [1.29, 1.82) is 0 Å². The molecular formula is C9H5NO. The van der Waals surface area contributed by atoms with Gasteiger partial charge in [0.25, 0.3) is 0 Å². The predicted octanol–water partition coefficient (Wildman–Crippen LogP) is 2.34. The summed E-state index contributed by atoms with van der Waals surface area (Å²) < 4.78 is 5.21. The molecule has 1 aromatic carbocycles. The van der Waals surface area contributed by atoms with Crippen LogP contribution in [-0.4, -0.2) is 4.98 Å². The van der Waals surface area contributed by atoms with E-state index in [9.17, 15) is 0 Å². The van der Waals surface area contributed by atoms with E-state index in [2.05, 4.69) is 4.98 Å². The van der Waals surface area contributed by atoms with Crippen LogP contribution in [0.3, 0.4) is 0 Å². The van der Waals surface area contributed by atoms with E-state index < -0.39 is 0 Å². The van der Waals surface area contributed by atoms with Crippen LogP contribution in [0.4, 0.5) is 0 Å². The Bertz CT molecular complexity index is 437. The minimum absolute atomic E-state index is 0.991. The van der Waals surface area contributed by atoms with Crippen LogP contribution in [0.1, 0.15) is 0 Å². The number of pyridine rings is 1. The first-order chi connectivity index (χ1) is 5.45. The van der Waals surface area contributed by atoms with Gasteiger partial charge in [0.1, 0.15) is 0 Å². The number of hydrogen-bond donors (Lipinski definition) is 0. The summed E-state index contributed by atoms with van der Waals surface area (Å²) >= 11 is 0. The Morgan fingerprint density at radius 2 is 2.18 bits per heavy atom. The first-order valence-electron chi connectivity index (χ1n) is 3.51. The molecule has 2 heteroatoms. The maximum atomic E-state index is 5.21.